The zero-order valence-electron chi connectivity index (χ0n) is 9.02. The highest BCUT2D eigenvalue weighted by atomic mass is 15.0. The predicted octanol–water partition coefficient (Wildman–Crippen LogP) is 1.52. The van der Waals surface area contributed by atoms with Gasteiger partial charge in [-0.05, 0) is 43.6 Å². The van der Waals surface area contributed by atoms with Crippen molar-refractivity contribution in [2.45, 2.75) is 44.6 Å². The van der Waals surface area contributed by atoms with E-state index in [1.807, 2.05) is 0 Å². The highest BCUT2D eigenvalue weighted by Gasteiger charge is 2.54. The summed E-state index contributed by atoms with van der Waals surface area (Å²) in [5, 5.41) is 7.19. The minimum atomic E-state index is 0.765. The van der Waals surface area contributed by atoms with Gasteiger partial charge in [0.25, 0.3) is 0 Å². The summed E-state index contributed by atoms with van der Waals surface area (Å²) in [4.78, 5) is 0. The molecule has 0 aromatic rings. The first-order valence-corrected chi connectivity index (χ1v) is 6.33. The molecule has 0 aromatic carbocycles. The quantitative estimate of drug-likeness (QED) is 0.712. The van der Waals surface area contributed by atoms with Gasteiger partial charge in [0.15, 0.2) is 0 Å². The van der Waals surface area contributed by atoms with Crippen LogP contribution in [0.3, 0.4) is 0 Å². The number of hydrogen-bond acceptors (Lipinski definition) is 2. The minimum absolute atomic E-state index is 0.765. The van der Waals surface area contributed by atoms with Gasteiger partial charge in [-0.3, -0.25) is 0 Å². The van der Waals surface area contributed by atoms with Crippen molar-refractivity contribution in [3.05, 3.63) is 0 Å². The molecule has 2 aliphatic carbocycles. The molecular weight excluding hydrogens is 172 g/mol. The van der Waals surface area contributed by atoms with E-state index in [0.29, 0.717) is 0 Å². The molecule has 0 amide bonds. The topological polar surface area (TPSA) is 24.1 Å². The van der Waals surface area contributed by atoms with Gasteiger partial charge in [0, 0.05) is 19.1 Å². The molecule has 0 radical (unpaired) electrons. The summed E-state index contributed by atoms with van der Waals surface area (Å²) < 4.78 is 0. The molecule has 0 spiro atoms. The molecule has 3 fully saturated rings. The van der Waals surface area contributed by atoms with Crippen LogP contribution in [0.2, 0.25) is 0 Å². The van der Waals surface area contributed by atoms with Gasteiger partial charge in [-0.25, -0.2) is 0 Å². The van der Waals surface area contributed by atoms with Crippen LogP contribution in [0, 0.1) is 11.3 Å². The number of nitrogens with one attached hydrogen (secondary N) is 2. The van der Waals surface area contributed by atoms with Crippen molar-refractivity contribution in [1.82, 2.24) is 10.6 Å². The van der Waals surface area contributed by atoms with Crippen LogP contribution in [0.25, 0.3) is 0 Å². The molecule has 80 valence electrons. The maximum Gasteiger partial charge on any atom is 0.0204 e. The number of hydrogen-bond donors (Lipinski definition) is 2. The lowest BCUT2D eigenvalue weighted by atomic mass is 9.88. The highest BCUT2D eigenvalue weighted by molar-refractivity contribution is 5.05. The second-order valence-electron chi connectivity index (χ2n) is 5.58. The fourth-order valence-electron chi connectivity index (χ4n) is 3.50. The van der Waals surface area contributed by atoms with E-state index in [0.717, 1.165) is 17.4 Å². The standard InChI is InChI=1S/C12H22N2/c1-2-5-12(7-10(12)3-1)9-14-11-4-6-13-8-11/h10-11,13-14H,1-9H2. The number of fused-ring (bicyclic) bond motifs is 1. The average molecular weight is 194 g/mol. The van der Waals surface area contributed by atoms with E-state index in [1.54, 1.807) is 0 Å². The molecule has 1 saturated heterocycles. The van der Waals surface area contributed by atoms with Crippen molar-refractivity contribution in [1.29, 1.82) is 0 Å². The fourth-order valence-corrected chi connectivity index (χ4v) is 3.50. The summed E-state index contributed by atoms with van der Waals surface area (Å²) in [6, 6.07) is 0.771. The summed E-state index contributed by atoms with van der Waals surface area (Å²) in [6.07, 6.45) is 8.87. The highest BCUT2D eigenvalue weighted by Crippen LogP contribution is 2.60. The second-order valence-corrected chi connectivity index (χ2v) is 5.58. The lowest BCUT2D eigenvalue weighted by Gasteiger charge is -2.24. The molecule has 3 atom stereocenters. The van der Waals surface area contributed by atoms with Gasteiger partial charge in [-0.2, -0.15) is 0 Å². The molecule has 2 saturated carbocycles. The zero-order valence-corrected chi connectivity index (χ0v) is 9.02. The Morgan fingerprint density at radius 1 is 1.29 bits per heavy atom. The van der Waals surface area contributed by atoms with Crippen molar-refractivity contribution in [2.75, 3.05) is 19.6 Å². The Hall–Kier alpha value is -0.0800. The molecule has 2 heteroatoms. The summed E-state index contributed by atoms with van der Waals surface area (Å²) >= 11 is 0. The molecule has 3 unspecified atom stereocenters. The molecule has 3 rings (SSSR count). The van der Waals surface area contributed by atoms with Crippen LogP contribution in [0.5, 0.6) is 0 Å². The lowest BCUT2D eigenvalue weighted by molar-refractivity contribution is 0.309. The zero-order chi connectivity index (χ0) is 9.43. The number of rotatable bonds is 3. The van der Waals surface area contributed by atoms with E-state index >= 15 is 0 Å². The maximum atomic E-state index is 3.77. The van der Waals surface area contributed by atoms with Crippen molar-refractivity contribution < 1.29 is 0 Å². The van der Waals surface area contributed by atoms with Crippen LogP contribution in [0.4, 0.5) is 0 Å². The van der Waals surface area contributed by atoms with Gasteiger partial charge in [0.1, 0.15) is 0 Å². The average Bonchev–Trinajstić information content (AvgIpc) is 2.71. The summed E-state index contributed by atoms with van der Waals surface area (Å²) in [5.41, 5.74) is 0.765. The Morgan fingerprint density at radius 2 is 2.29 bits per heavy atom. The molecular formula is C12H22N2. The second kappa shape index (κ2) is 3.49. The van der Waals surface area contributed by atoms with Crippen molar-refractivity contribution in [3.63, 3.8) is 0 Å². The van der Waals surface area contributed by atoms with E-state index in [2.05, 4.69) is 10.6 Å². The van der Waals surface area contributed by atoms with Crippen LogP contribution in [0.15, 0.2) is 0 Å². The summed E-state index contributed by atoms with van der Waals surface area (Å²) in [6.45, 7) is 3.72. The van der Waals surface area contributed by atoms with Crippen LogP contribution >= 0.6 is 0 Å². The Kier molecular flexibility index (Phi) is 2.29. The largest absolute Gasteiger partial charge is 0.315 e. The summed E-state index contributed by atoms with van der Waals surface area (Å²) in [5.74, 6) is 1.10. The van der Waals surface area contributed by atoms with Gasteiger partial charge < -0.3 is 10.6 Å². The van der Waals surface area contributed by atoms with Crippen LogP contribution in [-0.4, -0.2) is 25.7 Å². The lowest BCUT2D eigenvalue weighted by Crippen LogP contribution is -2.36. The van der Waals surface area contributed by atoms with E-state index in [-0.39, 0.29) is 0 Å². The molecule has 0 aromatic heterocycles. The van der Waals surface area contributed by atoms with Gasteiger partial charge in [-0.15, -0.1) is 0 Å². The normalized spacial score (nSPS) is 46.3. The maximum absolute atomic E-state index is 3.77. The first kappa shape index (κ1) is 9.17. The molecule has 1 heterocycles. The minimum Gasteiger partial charge on any atom is -0.315 e. The van der Waals surface area contributed by atoms with Gasteiger partial charge in [0.05, 0.1) is 0 Å². The third-order valence-corrected chi connectivity index (χ3v) is 4.64. The van der Waals surface area contributed by atoms with E-state index < -0.39 is 0 Å². The Labute approximate surface area is 86.8 Å². The van der Waals surface area contributed by atoms with Gasteiger partial charge in [0.2, 0.25) is 0 Å². The van der Waals surface area contributed by atoms with Crippen LogP contribution in [-0.2, 0) is 0 Å². The van der Waals surface area contributed by atoms with Crippen LogP contribution in [0.1, 0.15) is 38.5 Å². The van der Waals surface area contributed by atoms with E-state index in [4.69, 9.17) is 0 Å². The van der Waals surface area contributed by atoms with E-state index in [9.17, 15) is 0 Å². The smallest absolute Gasteiger partial charge is 0.0204 e. The molecule has 1 aliphatic heterocycles. The van der Waals surface area contributed by atoms with Crippen molar-refractivity contribution in [3.8, 4) is 0 Å². The first-order valence-electron chi connectivity index (χ1n) is 6.33. The molecule has 0 bridgehead atoms. The molecule has 2 N–H and O–H groups in total. The molecule has 2 nitrogen and oxygen atoms in total. The Morgan fingerprint density at radius 3 is 3.07 bits per heavy atom. The third-order valence-electron chi connectivity index (χ3n) is 4.64. The predicted molar refractivity (Wildman–Crippen MR) is 58.3 cm³/mol. The van der Waals surface area contributed by atoms with Crippen LogP contribution < -0.4 is 10.6 Å². The van der Waals surface area contributed by atoms with Gasteiger partial charge >= 0.3 is 0 Å². The fraction of sp³-hybridized carbons (Fsp3) is 1.00. The summed E-state index contributed by atoms with van der Waals surface area (Å²) in [7, 11) is 0. The molecule has 3 aliphatic rings. The SMILES string of the molecule is C1CCC2(CNC3CCNC3)CC2C1. The first-order chi connectivity index (χ1) is 6.89. The Balaban J connectivity index is 1.48. The Bertz CT molecular complexity index is 210. The third kappa shape index (κ3) is 1.59. The van der Waals surface area contributed by atoms with Crippen molar-refractivity contribution >= 4 is 0 Å². The van der Waals surface area contributed by atoms with Crippen molar-refractivity contribution in [2.24, 2.45) is 11.3 Å². The monoisotopic (exact) mass is 194 g/mol. The van der Waals surface area contributed by atoms with Gasteiger partial charge in [-0.1, -0.05) is 12.8 Å². The molecule has 14 heavy (non-hydrogen) atoms. The van der Waals surface area contributed by atoms with E-state index in [1.165, 1.54) is 58.2 Å².